The van der Waals surface area contributed by atoms with Crippen molar-refractivity contribution in [2.45, 2.75) is 264 Å². The fraction of sp³-hybridized carbons (Fsp3) is 0.814. The zero-order valence-electron chi connectivity index (χ0n) is 45.0. The average Bonchev–Trinajstić information content (AvgIpc) is 3.30. The minimum Gasteiger partial charge on any atom is -0.477 e. The Hall–Kier alpha value is -2.75. The zero-order chi connectivity index (χ0) is 49.9. The largest absolute Gasteiger partial charge is 0.477 e. The van der Waals surface area contributed by atoms with Crippen molar-refractivity contribution < 1.29 is 42.9 Å². The van der Waals surface area contributed by atoms with Crippen LogP contribution in [0.3, 0.4) is 0 Å². The van der Waals surface area contributed by atoms with Gasteiger partial charge < -0.3 is 28.5 Å². The lowest BCUT2D eigenvalue weighted by Crippen LogP contribution is -2.40. The molecule has 0 spiro atoms. The molecule has 0 aromatic carbocycles. The first-order valence-corrected chi connectivity index (χ1v) is 28.3. The third kappa shape index (κ3) is 51.1. The molecule has 0 rings (SSSR count). The summed E-state index contributed by atoms with van der Waals surface area (Å²) in [6.07, 6.45) is 59.0. The normalized spacial score (nSPS) is 13.1. The number of likely N-dealkylation sites (N-methyl/N-ethyl adjacent to an activating group) is 1. The molecule has 0 fully saturated rings. The number of quaternary nitrogens is 1. The van der Waals surface area contributed by atoms with Crippen molar-refractivity contribution in [2.24, 2.45) is 0 Å². The van der Waals surface area contributed by atoms with E-state index in [9.17, 15) is 19.5 Å². The molecule has 0 aliphatic heterocycles. The van der Waals surface area contributed by atoms with Gasteiger partial charge in [0.2, 0.25) is 0 Å². The number of allylic oxidation sites excluding steroid dienone is 8. The predicted octanol–water partition coefficient (Wildman–Crippen LogP) is 16.3. The van der Waals surface area contributed by atoms with E-state index >= 15 is 0 Å². The molecule has 2 unspecified atom stereocenters. The molecule has 0 amide bonds. The molecule has 0 heterocycles. The number of unbranched alkanes of at least 4 members (excludes halogenated alkanes) is 29. The summed E-state index contributed by atoms with van der Waals surface area (Å²) in [5.74, 6) is -2.02. The summed E-state index contributed by atoms with van der Waals surface area (Å²) < 4.78 is 22.8. The molecule has 0 aromatic rings. The highest BCUT2D eigenvalue weighted by atomic mass is 16.7. The van der Waals surface area contributed by atoms with Crippen LogP contribution >= 0.6 is 0 Å². The Labute approximate surface area is 419 Å². The van der Waals surface area contributed by atoms with Gasteiger partial charge in [0, 0.05) is 12.8 Å². The number of hydrogen-bond donors (Lipinski definition) is 1. The van der Waals surface area contributed by atoms with Crippen molar-refractivity contribution in [2.75, 3.05) is 47.5 Å². The van der Waals surface area contributed by atoms with Gasteiger partial charge in [0.05, 0.1) is 34.4 Å². The van der Waals surface area contributed by atoms with Crippen molar-refractivity contribution in [3.8, 4) is 0 Å². The highest BCUT2D eigenvalue weighted by molar-refractivity contribution is 5.71. The third-order valence-electron chi connectivity index (χ3n) is 12.3. The van der Waals surface area contributed by atoms with E-state index < -0.39 is 24.3 Å². The number of carbonyl (C=O) groups is 3. The topological polar surface area (TPSA) is 108 Å². The summed E-state index contributed by atoms with van der Waals surface area (Å²) in [4.78, 5) is 37.3. The molecule has 0 saturated carbocycles. The fourth-order valence-electron chi connectivity index (χ4n) is 7.90. The Bertz CT molecular complexity index is 1250. The molecule has 0 bridgehead atoms. The molecule has 9 nitrogen and oxygen atoms in total. The van der Waals surface area contributed by atoms with Crippen molar-refractivity contribution in [1.29, 1.82) is 0 Å². The SMILES string of the molecule is CCCCCC/C=C\C/C=C\CCCCCCCC(=O)OCC(COC(OCC[N+](C)(C)C)C(=O)O)OC(=O)CCCCCCCCCCCCCCCCC/C=C\C/C=C\CCCCCCC. The quantitative estimate of drug-likeness (QED) is 0.0211. The maximum absolute atomic E-state index is 12.9. The van der Waals surface area contributed by atoms with Gasteiger partial charge in [-0.2, -0.15) is 0 Å². The first-order chi connectivity index (χ1) is 33.1. The van der Waals surface area contributed by atoms with Gasteiger partial charge >= 0.3 is 17.9 Å². The number of carboxylic acid groups (broad SMARTS) is 1. The summed E-state index contributed by atoms with van der Waals surface area (Å²) in [6.45, 7) is 4.85. The second kappa shape index (κ2) is 50.6. The first kappa shape index (κ1) is 65.2. The molecule has 0 aliphatic rings. The second-order valence-electron chi connectivity index (χ2n) is 20.2. The number of carboxylic acids is 1. The minimum atomic E-state index is -1.51. The maximum atomic E-state index is 12.9. The lowest BCUT2D eigenvalue weighted by Gasteiger charge is -2.25. The van der Waals surface area contributed by atoms with Crippen LogP contribution in [-0.2, 0) is 33.3 Å². The Kier molecular flexibility index (Phi) is 48.6. The van der Waals surface area contributed by atoms with E-state index in [1.165, 1.54) is 154 Å². The standard InChI is InChI=1S/C59H107NO8/c1-6-8-10-12-14-16-18-20-22-24-25-26-27-28-29-30-31-32-33-34-36-38-40-42-44-46-48-50-57(62)68-55(54-67-59(58(63)64)65-52-51-60(3,4)5)53-66-56(61)49-47-45-43-41-39-37-35-23-21-19-17-15-13-11-9-7-2/h17-20,23-25,35,55,59H,6-16,21-22,26-34,36-54H2,1-5H3/p+1/b19-17-,20-18-,25-24-,35-23-. The van der Waals surface area contributed by atoms with Crippen LogP contribution in [0.25, 0.3) is 0 Å². The molecule has 68 heavy (non-hydrogen) atoms. The number of nitrogens with zero attached hydrogens (tertiary/aromatic N) is 1. The summed E-state index contributed by atoms with van der Waals surface area (Å²) in [5.41, 5.74) is 0. The van der Waals surface area contributed by atoms with E-state index in [-0.39, 0.29) is 38.6 Å². The van der Waals surface area contributed by atoms with Gasteiger partial charge in [0.1, 0.15) is 13.2 Å². The van der Waals surface area contributed by atoms with Gasteiger partial charge in [-0.1, -0.05) is 210 Å². The van der Waals surface area contributed by atoms with Crippen molar-refractivity contribution in [1.82, 2.24) is 0 Å². The lowest BCUT2D eigenvalue weighted by atomic mass is 10.0. The summed E-state index contributed by atoms with van der Waals surface area (Å²) >= 11 is 0. The van der Waals surface area contributed by atoms with Crippen molar-refractivity contribution >= 4 is 17.9 Å². The Morgan fingerprint density at radius 2 is 0.794 bits per heavy atom. The Morgan fingerprint density at radius 1 is 0.441 bits per heavy atom. The van der Waals surface area contributed by atoms with Gasteiger partial charge in [-0.25, -0.2) is 4.79 Å². The van der Waals surface area contributed by atoms with E-state index in [1.54, 1.807) is 0 Å². The molecular weight excluding hydrogens is 851 g/mol. The van der Waals surface area contributed by atoms with Gasteiger partial charge in [-0.05, 0) is 77.0 Å². The van der Waals surface area contributed by atoms with E-state index in [0.29, 0.717) is 11.0 Å². The number of hydrogen-bond acceptors (Lipinski definition) is 7. The van der Waals surface area contributed by atoms with Crippen LogP contribution < -0.4 is 0 Å². The van der Waals surface area contributed by atoms with Crippen LogP contribution in [0.1, 0.15) is 251 Å². The van der Waals surface area contributed by atoms with E-state index in [2.05, 4.69) is 62.5 Å². The van der Waals surface area contributed by atoms with Gasteiger partial charge in [-0.3, -0.25) is 9.59 Å². The van der Waals surface area contributed by atoms with Crippen molar-refractivity contribution in [3.05, 3.63) is 48.6 Å². The lowest BCUT2D eigenvalue weighted by molar-refractivity contribution is -0.870. The van der Waals surface area contributed by atoms with Crippen LogP contribution in [0, 0.1) is 0 Å². The molecule has 0 saturated heterocycles. The van der Waals surface area contributed by atoms with Crippen LogP contribution in [-0.4, -0.2) is 87.4 Å². The molecular formula is C59H108NO8+. The fourth-order valence-corrected chi connectivity index (χ4v) is 7.90. The highest BCUT2D eigenvalue weighted by Crippen LogP contribution is 2.16. The van der Waals surface area contributed by atoms with Gasteiger partial charge in [0.25, 0.3) is 6.29 Å². The predicted molar refractivity (Wildman–Crippen MR) is 286 cm³/mol. The van der Waals surface area contributed by atoms with Crippen LogP contribution in [0.15, 0.2) is 48.6 Å². The summed E-state index contributed by atoms with van der Waals surface area (Å²) in [7, 11) is 5.96. The highest BCUT2D eigenvalue weighted by Gasteiger charge is 2.25. The number of rotatable bonds is 52. The Morgan fingerprint density at radius 3 is 1.18 bits per heavy atom. The molecule has 9 heteroatoms. The van der Waals surface area contributed by atoms with Crippen LogP contribution in [0.2, 0.25) is 0 Å². The van der Waals surface area contributed by atoms with E-state index in [4.69, 9.17) is 18.9 Å². The summed E-state index contributed by atoms with van der Waals surface area (Å²) in [5, 5.41) is 9.69. The van der Waals surface area contributed by atoms with Gasteiger partial charge in [-0.15, -0.1) is 0 Å². The minimum absolute atomic E-state index is 0.185. The smallest absolute Gasteiger partial charge is 0.361 e. The summed E-state index contributed by atoms with van der Waals surface area (Å²) in [6, 6.07) is 0. The number of ether oxygens (including phenoxy) is 4. The molecule has 1 N–H and O–H groups in total. The molecule has 0 aromatic heterocycles. The van der Waals surface area contributed by atoms with Crippen LogP contribution in [0.5, 0.6) is 0 Å². The first-order valence-electron chi connectivity index (χ1n) is 28.3. The number of esters is 2. The van der Waals surface area contributed by atoms with Gasteiger partial charge in [0.15, 0.2) is 6.10 Å². The molecule has 2 atom stereocenters. The second-order valence-corrected chi connectivity index (χ2v) is 20.2. The monoisotopic (exact) mass is 959 g/mol. The zero-order valence-corrected chi connectivity index (χ0v) is 45.0. The van der Waals surface area contributed by atoms with E-state index in [0.717, 1.165) is 70.6 Å². The molecule has 0 aliphatic carbocycles. The third-order valence-corrected chi connectivity index (χ3v) is 12.3. The Balaban J connectivity index is 4.22. The molecule has 0 radical (unpaired) electrons. The average molecular weight is 960 g/mol. The number of carbonyl (C=O) groups excluding carboxylic acids is 2. The molecule has 396 valence electrons. The van der Waals surface area contributed by atoms with E-state index in [1.807, 2.05) is 21.1 Å². The van der Waals surface area contributed by atoms with Crippen LogP contribution in [0.4, 0.5) is 0 Å². The van der Waals surface area contributed by atoms with Crippen molar-refractivity contribution in [3.63, 3.8) is 0 Å². The number of aliphatic carboxylic acids is 1. The maximum Gasteiger partial charge on any atom is 0.361 e.